The molecule has 3 rings (SSSR count). The molecule has 0 bridgehead atoms. The van der Waals surface area contributed by atoms with Crippen molar-refractivity contribution in [2.24, 2.45) is 0 Å². The molecule has 0 unspecified atom stereocenters. The molecule has 0 aromatic heterocycles. The van der Waals surface area contributed by atoms with Crippen LogP contribution in [-0.4, -0.2) is 55.4 Å². The fourth-order valence-corrected chi connectivity index (χ4v) is 3.03. The Morgan fingerprint density at radius 1 is 0.957 bits per heavy atom. The van der Waals surface area contributed by atoms with Crippen LogP contribution in [0.25, 0.3) is 11.1 Å². The number of carbonyl (C=O) groups is 1. The van der Waals surface area contributed by atoms with Gasteiger partial charge in [0.25, 0.3) is 0 Å². The van der Waals surface area contributed by atoms with E-state index in [0.717, 1.165) is 31.7 Å². The number of piperazine rings is 1. The van der Waals surface area contributed by atoms with Crippen molar-refractivity contribution in [2.75, 3.05) is 39.8 Å². The van der Waals surface area contributed by atoms with Gasteiger partial charge in [0.15, 0.2) is 5.78 Å². The van der Waals surface area contributed by atoms with Gasteiger partial charge in [0.05, 0.1) is 6.54 Å². The highest BCUT2D eigenvalue weighted by Gasteiger charge is 2.17. The second-order valence-corrected chi connectivity index (χ2v) is 6.39. The predicted molar refractivity (Wildman–Crippen MR) is 94.9 cm³/mol. The second kappa shape index (κ2) is 7.07. The molecule has 3 heteroatoms. The van der Waals surface area contributed by atoms with Gasteiger partial charge in [0, 0.05) is 31.7 Å². The molecule has 2 aromatic rings. The van der Waals surface area contributed by atoms with Crippen molar-refractivity contribution < 1.29 is 4.79 Å². The highest BCUT2D eigenvalue weighted by molar-refractivity contribution is 5.98. The van der Waals surface area contributed by atoms with Crippen LogP contribution in [0, 0.1) is 6.92 Å². The number of hydrogen-bond donors (Lipinski definition) is 0. The molecule has 0 spiro atoms. The van der Waals surface area contributed by atoms with Crippen molar-refractivity contribution >= 4 is 5.78 Å². The van der Waals surface area contributed by atoms with Gasteiger partial charge in [-0.3, -0.25) is 9.69 Å². The minimum absolute atomic E-state index is 0.214. The van der Waals surface area contributed by atoms with Crippen molar-refractivity contribution in [1.82, 2.24) is 9.80 Å². The van der Waals surface area contributed by atoms with Crippen molar-refractivity contribution in [2.45, 2.75) is 6.92 Å². The number of ketones is 1. The van der Waals surface area contributed by atoms with Gasteiger partial charge in [-0.05, 0) is 30.7 Å². The highest BCUT2D eigenvalue weighted by Crippen LogP contribution is 2.23. The molecule has 0 saturated carbocycles. The molecular formula is C20H24N2O. The van der Waals surface area contributed by atoms with E-state index >= 15 is 0 Å². The molecular weight excluding hydrogens is 284 g/mol. The van der Waals surface area contributed by atoms with E-state index in [4.69, 9.17) is 0 Å². The summed E-state index contributed by atoms with van der Waals surface area (Å²) in [5.41, 5.74) is 4.45. The Labute approximate surface area is 138 Å². The smallest absolute Gasteiger partial charge is 0.176 e. The summed E-state index contributed by atoms with van der Waals surface area (Å²) in [7, 11) is 2.13. The Hall–Kier alpha value is -1.97. The monoisotopic (exact) mass is 308 g/mol. The summed E-state index contributed by atoms with van der Waals surface area (Å²) in [6.45, 7) is 6.67. The van der Waals surface area contributed by atoms with Crippen LogP contribution < -0.4 is 0 Å². The normalized spacial score (nSPS) is 16.4. The van der Waals surface area contributed by atoms with E-state index in [-0.39, 0.29) is 5.78 Å². The fourth-order valence-electron chi connectivity index (χ4n) is 3.03. The van der Waals surface area contributed by atoms with Gasteiger partial charge < -0.3 is 4.90 Å². The van der Waals surface area contributed by atoms with Crippen LogP contribution in [0.5, 0.6) is 0 Å². The molecule has 1 aliphatic heterocycles. The summed E-state index contributed by atoms with van der Waals surface area (Å²) in [5, 5.41) is 0. The first-order valence-electron chi connectivity index (χ1n) is 8.23. The first kappa shape index (κ1) is 15.9. The molecule has 1 saturated heterocycles. The van der Waals surface area contributed by atoms with E-state index in [1.165, 1.54) is 16.7 Å². The first-order chi connectivity index (χ1) is 11.1. The van der Waals surface area contributed by atoms with E-state index in [1.54, 1.807) is 0 Å². The Balaban J connectivity index is 1.67. The standard InChI is InChI=1S/C20H24N2O/c1-16-5-3-4-6-19(16)17-7-9-18(10-8-17)20(23)15-22-13-11-21(2)12-14-22/h3-10H,11-15H2,1-2H3. The van der Waals surface area contributed by atoms with Gasteiger partial charge in [-0.15, -0.1) is 0 Å². The zero-order valence-electron chi connectivity index (χ0n) is 14.0. The quantitative estimate of drug-likeness (QED) is 0.811. The van der Waals surface area contributed by atoms with Crippen LogP contribution >= 0.6 is 0 Å². The predicted octanol–water partition coefficient (Wildman–Crippen LogP) is 3.09. The number of rotatable bonds is 4. The highest BCUT2D eigenvalue weighted by atomic mass is 16.1. The summed E-state index contributed by atoms with van der Waals surface area (Å²) in [4.78, 5) is 17.0. The van der Waals surface area contributed by atoms with Gasteiger partial charge in [0.2, 0.25) is 0 Å². The summed E-state index contributed by atoms with van der Waals surface area (Å²) in [6, 6.07) is 16.4. The van der Waals surface area contributed by atoms with E-state index in [2.05, 4.69) is 54.1 Å². The van der Waals surface area contributed by atoms with Crippen LogP contribution in [0.15, 0.2) is 48.5 Å². The minimum atomic E-state index is 0.214. The van der Waals surface area contributed by atoms with Crippen LogP contribution in [0.4, 0.5) is 0 Å². The Kier molecular flexibility index (Phi) is 4.89. The molecule has 0 atom stereocenters. The number of hydrogen-bond acceptors (Lipinski definition) is 3. The van der Waals surface area contributed by atoms with Gasteiger partial charge in [-0.1, -0.05) is 48.5 Å². The van der Waals surface area contributed by atoms with Crippen molar-refractivity contribution in [1.29, 1.82) is 0 Å². The molecule has 0 N–H and O–H groups in total. The number of nitrogens with zero attached hydrogens (tertiary/aromatic N) is 2. The molecule has 1 aliphatic rings. The molecule has 120 valence electrons. The van der Waals surface area contributed by atoms with Crippen LogP contribution in [0.2, 0.25) is 0 Å². The van der Waals surface area contributed by atoms with E-state index in [1.807, 2.05) is 18.2 Å². The molecule has 2 aromatic carbocycles. The molecule has 23 heavy (non-hydrogen) atoms. The molecule has 3 nitrogen and oxygen atoms in total. The fraction of sp³-hybridized carbons (Fsp3) is 0.350. The third kappa shape index (κ3) is 3.87. The third-order valence-corrected chi connectivity index (χ3v) is 4.63. The number of carbonyl (C=O) groups excluding carboxylic acids is 1. The number of likely N-dealkylation sites (N-methyl/N-ethyl adjacent to an activating group) is 1. The largest absolute Gasteiger partial charge is 0.304 e. The lowest BCUT2D eigenvalue weighted by atomic mass is 9.98. The van der Waals surface area contributed by atoms with E-state index in [0.29, 0.717) is 6.54 Å². The maximum atomic E-state index is 12.5. The zero-order valence-corrected chi connectivity index (χ0v) is 14.0. The molecule has 1 heterocycles. The average Bonchev–Trinajstić information content (AvgIpc) is 2.57. The Bertz CT molecular complexity index is 670. The summed E-state index contributed by atoms with van der Waals surface area (Å²) in [5.74, 6) is 0.214. The first-order valence-corrected chi connectivity index (χ1v) is 8.23. The van der Waals surface area contributed by atoms with Crippen molar-refractivity contribution in [3.63, 3.8) is 0 Å². The van der Waals surface area contributed by atoms with Gasteiger partial charge in [0.1, 0.15) is 0 Å². The number of Topliss-reactive ketones (excluding diaryl/α,β-unsaturated/α-hetero) is 1. The maximum absolute atomic E-state index is 12.5. The Morgan fingerprint density at radius 3 is 2.26 bits per heavy atom. The average molecular weight is 308 g/mol. The summed E-state index contributed by atoms with van der Waals surface area (Å²) < 4.78 is 0. The van der Waals surface area contributed by atoms with Gasteiger partial charge >= 0.3 is 0 Å². The van der Waals surface area contributed by atoms with Gasteiger partial charge in [-0.2, -0.15) is 0 Å². The number of aryl methyl sites for hydroxylation is 1. The van der Waals surface area contributed by atoms with Crippen molar-refractivity contribution in [3.05, 3.63) is 59.7 Å². The van der Waals surface area contributed by atoms with E-state index in [9.17, 15) is 4.79 Å². The molecule has 1 fully saturated rings. The lowest BCUT2D eigenvalue weighted by molar-refractivity contribution is 0.0876. The number of benzene rings is 2. The second-order valence-electron chi connectivity index (χ2n) is 6.39. The molecule has 0 radical (unpaired) electrons. The summed E-state index contributed by atoms with van der Waals surface area (Å²) >= 11 is 0. The third-order valence-electron chi connectivity index (χ3n) is 4.63. The van der Waals surface area contributed by atoms with Crippen LogP contribution in [-0.2, 0) is 0 Å². The topological polar surface area (TPSA) is 23.6 Å². The summed E-state index contributed by atoms with van der Waals surface area (Å²) in [6.07, 6.45) is 0. The lowest BCUT2D eigenvalue weighted by Crippen LogP contribution is -2.46. The SMILES string of the molecule is Cc1ccccc1-c1ccc(C(=O)CN2CCN(C)CC2)cc1. The molecule has 0 amide bonds. The van der Waals surface area contributed by atoms with E-state index < -0.39 is 0 Å². The maximum Gasteiger partial charge on any atom is 0.176 e. The molecule has 0 aliphatic carbocycles. The van der Waals surface area contributed by atoms with Crippen molar-refractivity contribution in [3.8, 4) is 11.1 Å². The minimum Gasteiger partial charge on any atom is -0.304 e. The van der Waals surface area contributed by atoms with Gasteiger partial charge in [-0.25, -0.2) is 0 Å². The Morgan fingerprint density at radius 2 is 1.61 bits per heavy atom. The van der Waals surface area contributed by atoms with Crippen LogP contribution in [0.1, 0.15) is 15.9 Å². The zero-order chi connectivity index (χ0) is 16.2. The lowest BCUT2D eigenvalue weighted by Gasteiger charge is -2.31. The van der Waals surface area contributed by atoms with Crippen LogP contribution in [0.3, 0.4) is 0 Å².